The average molecular weight is 564 g/mol. The number of likely N-dealkylation sites (tertiary alicyclic amines) is 1. The van der Waals surface area contributed by atoms with E-state index < -0.39 is 24.2 Å². The van der Waals surface area contributed by atoms with E-state index >= 15 is 8.78 Å². The van der Waals surface area contributed by atoms with Crippen molar-refractivity contribution in [2.24, 2.45) is 5.41 Å². The van der Waals surface area contributed by atoms with Crippen LogP contribution in [0.25, 0.3) is 10.8 Å². The number of nitrogens with zero attached hydrogens (tertiary/aromatic N) is 4. The highest BCUT2D eigenvalue weighted by atomic mass is 19.3. The van der Waals surface area contributed by atoms with Crippen molar-refractivity contribution in [3.8, 4) is 0 Å². The first-order valence-corrected chi connectivity index (χ1v) is 14.6. The summed E-state index contributed by atoms with van der Waals surface area (Å²) in [6, 6.07) is 7.90. The fourth-order valence-corrected chi connectivity index (χ4v) is 7.39. The SMILES string of the molecule is CC1(CN2CC[C@H](n3cc(Cc4ccc5c6c(cccc46)C(=O)N5C4CCC(=O)NC4O)cn3)C(F)(F)C2)CCC1. The summed E-state index contributed by atoms with van der Waals surface area (Å²) in [5, 5.41) is 19.2. The molecule has 8 nitrogen and oxygen atoms in total. The molecule has 3 aromatic rings. The summed E-state index contributed by atoms with van der Waals surface area (Å²) < 4.78 is 32.1. The molecule has 3 aliphatic heterocycles. The normalized spacial score (nSPS) is 27.2. The minimum atomic E-state index is -2.86. The molecule has 1 saturated carbocycles. The van der Waals surface area contributed by atoms with E-state index in [1.165, 1.54) is 11.1 Å². The van der Waals surface area contributed by atoms with Crippen molar-refractivity contribution in [1.29, 1.82) is 0 Å². The van der Waals surface area contributed by atoms with Gasteiger partial charge in [0.05, 0.1) is 24.5 Å². The van der Waals surface area contributed by atoms with Crippen LogP contribution in [0.2, 0.25) is 0 Å². The monoisotopic (exact) mass is 563 g/mol. The largest absolute Gasteiger partial charge is 0.372 e. The number of aromatic nitrogens is 2. The maximum atomic E-state index is 15.3. The Bertz CT molecular complexity index is 1530. The molecule has 2 aromatic carbocycles. The van der Waals surface area contributed by atoms with Crippen LogP contribution in [0.1, 0.15) is 73.0 Å². The third-order valence-corrected chi connectivity index (χ3v) is 9.67. The molecule has 3 atom stereocenters. The summed E-state index contributed by atoms with van der Waals surface area (Å²) in [5.74, 6) is -3.29. The number of carbonyl (C=O) groups excluding carboxylic acids is 2. The maximum absolute atomic E-state index is 15.3. The van der Waals surface area contributed by atoms with Gasteiger partial charge in [-0.2, -0.15) is 5.10 Å². The molecule has 4 heterocycles. The number of carbonyl (C=O) groups is 2. The van der Waals surface area contributed by atoms with E-state index in [9.17, 15) is 14.7 Å². The number of rotatable bonds is 6. The van der Waals surface area contributed by atoms with Crippen LogP contribution >= 0.6 is 0 Å². The quantitative estimate of drug-likeness (QED) is 0.468. The molecule has 1 aromatic heterocycles. The van der Waals surface area contributed by atoms with Gasteiger partial charge in [0.1, 0.15) is 12.3 Å². The minimum absolute atomic E-state index is 0.176. The van der Waals surface area contributed by atoms with Crippen LogP contribution < -0.4 is 10.2 Å². The molecule has 3 fully saturated rings. The van der Waals surface area contributed by atoms with E-state index in [4.69, 9.17) is 0 Å². The van der Waals surface area contributed by atoms with Crippen LogP contribution in [-0.2, 0) is 11.2 Å². The second kappa shape index (κ2) is 9.59. The van der Waals surface area contributed by atoms with Gasteiger partial charge < -0.3 is 15.3 Å². The van der Waals surface area contributed by atoms with E-state index in [0.717, 1.165) is 41.3 Å². The highest BCUT2D eigenvalue weighted by Gasteiger charge is 2.48. The molecular formula is C31H35F2N5O3. The molecule has 10 heteroatoms. The Morgan fingerprint density at radius 2 is 1.98 bits per heavy atom. The van der Waals surface area contributed by atoms with Crippen LogP contribution in [0.15, 0.2) is 42.7 Å². The van der Waals surface area contributed by atoms with Gasteiger partial charge in [0.15, 0.2) is 0 Å². The number of anilines is 1. The van der Waals surface area contributed by atoms with Gasteiger partial charge in [0.2, 0.25) is 5.91 Å². The van der Waals surface area contributed by atoms with Gasteiger partial charge in [-0.25, -0.2) is 8.78 Å². The average Bonchev–Trinajstić information content (AvgIpc) is 3.47. The van der Waals surface area contributed by atoms with E-state index in [1.807, 2.05) is 29.2 Å². The maximum Gasteiger partial charge on any atom is 0.282 e. The van der Waals surface area contributed by atoms with E-state index in [1.54, 1.807) is 23.4 Å². The highest BCUT2D eigenvalue weighted by Crippen LogP contribution is 2.44. The van der Waals surface area contributed by atoms with Crippen molar-refractivity contribution in [1.82, 2.24) is 20.0 Å². The topological polar surface area (TPSA) is 90.7 Å². The lowest BCUT2D eigenvalue weighted by Crippen LogP contribution is -2.56. The van der Waals surface area contributed by atoms with Crippen molar-refractivity contribution < 1.29 is 23.5 Å². The molecule has 0 radical (unpaired) electrons. The summed E-state index contributed by atoms with van der Waals surface area (Å²) >= 11 is 0. The van der Waals surface area contributed by atoms with Gasteiger partial charge in [-0.05, 0) is 59.7 Å². The lowest BCUT2D eigenvalue weighted by molar-refractivity contribution is -0.127. The zero-order valence-electron chi connectivity index (χ0n) is 23.2. The Morgan fingerprint density at radius 1 is 1.15 bits per heavy atom. The number of hydrogen-bond donors (Lipinski definition) is 2. The molecular weight excluding hydrogens is 528 g/mol. The zero-order valence-corrected chi connectivity index (χ0v) is 23.2. The zero-order chi connectivity index (χ0) is 28.5. The van der Waals surface area contributed by atoms with Gasteiger partial charge in [0.25, 0.3) is 11.8 Å². The number of hydrogen-bond acceptors (Lipinski definition) is 5. The first-order valence-electron chi connectivity index (χ1n) is 14.6. The Hall–Kier alpha value is -3.37. The molecule has 216 valence electrons. The molecule has 2 amide bonds. The van der Waals surface area contributed by atoms with Crippen LogP contribution in [0, 0.1) is 5.41 Å². The number of benzene rings is 2. The Morgan fingerprint density at radius 3 is 2.71 bits per heavy atom. The Balaban J connectivity index is 1.11. The number of amides is 2. The second-order valence-corrected chi connectivity index (χ2v) is 12.7. The number of piperidine rings is 2. The van der Waals surface area contributed by atoms with E-state index in [-0.39, 0.29) is 30.2 Å². The summed E-state index contributed by atoms with van der Waals surface area (Å²) in [5.41, 5.74) is 3.24. The summed E-state index contributed by atoms with van der Waals surface area (Å²) in [6.07, 6.45) is 7.15. The summed E-state index contributed by atoms with van der Waals surface area (Å²) in [7, 11) is 0. The molecule has 0 bridgehead atoms. The van der Waals surface area contributed by atoms with Crippen LogP contribution in [0.4, 0.5) is 14.5 Å². The molecule has 41 heavy (non-hydrogen) atoms. The molecule has 2 unspecified atom stereocenters. The number of aliphatic hydroxyl groups is 1. The van der Waals surface area contributed by atoms with Crippen molar-refractivity contribution in [3.63, 3.8) is 0 Å². The van der Waals surface area contributed by atoms with E-state index in [2.05, 4.69) is 17.3 Å². The van der Waals surface area contributed by atoms with E-state index in [0.29, 0.717) is 37.1 Å². The number of alkyl halides is 2. The second-order valence-electron chi connectivity index (χ2n) is 12.7. The third kappa shape index (κ3) is 4.52. The molecule has 7 rings (SSSR count). The molecule has 0 spiro atoms. The predicted octanol–water partition coefficient (Wildman–Crippen LogP) is 4.26. The van der Waals surface area contributed by atoms with Crippen molar-refractivity contribution in [3.05, 3.63) is 59.4 Å². The fraction of sp³-hybridized carbons (Fsp3) is 0.516. The molecule has 2 saturated heterocycles. The first kappa shape index (κ1) is 26.5. The highest BCUT2D eigenvalue weighted by molar-refractivity contribution is 6.25. The van der Waals surface area contributed by atoms with Gasteiger partial charge >= 0.3 is 0 Å². The Kier molecular flexibility index (Phi) is 6.20. The van der Waals surface area contributed by atoms with Crippen LogP contribution in [0.3, 0.4) is 0 Å². The van der Waals surface area contributed by atoms with Gasteiger partial charge in [-0.3, -0.25) is 19.2 Å². The number of nitrogens with one attached hydrogen (secondary N) is 1. The Labute approximate surface area is 237 Å². The van der Waals surface area contributed by atoms with Crippen molar-refractivity contribution in [2.45, 2.75) is 76.1 Å². The standard InChI is InChI=1S/C31H35F2N5O3/c1-30(11-3-12-30)17-36-13-10-25(31(32,33)18-36)37-16-19(15-34-37)14-20-6-7-23-27-21(20)4-2-5-22(27)29(41)38(23)24-8-9-26(39)35-28(24)40/h2,4-7,15-16,24-25,28,40H,3,8-14,17-18H2,1H3,(H,35,39)/t24?,25-,28?/m0/s1. The molecule has 2 N–H and O–H groups in total. The number of aliphatic hydroxyl groups excluding tert-OH is 1. The predicted molar refractivity (Wildman–Crippen MR) is 150 cm³/mol. The summed E-state index contributed by atoms with van der Waals surface area (Å²) in [6.45, 7) is 3.34. The lowest BCUT2D eigenvalue weighted by atomic mass is 9.70. The fourth-order valence-electron chi connectivity index (χ4n) is 7.39. The van der Waals surface area contributed by atoms with Crippen LogP contribution in [0.5, 0.6) is 0 Å². The van der Waals surface area contributed by atoms with Gasteiger partial charge in [-0.1, -0.05) is 31.5 Å². The van der Waals surface area contributed by atoms with Crippen LogP contribution in [-0.4, -0.2) is 69.4 Å². The van der Waals surface area contributed by atoms with Crippen molar-refractivity contribution in [2.75, 3.05) is 24.5 Å². The minimum Gasteiger partial charge on any atom is -0.372 e. The lowest BCUT2D eigenvalue weighted by Gasteiger charge is -2.46. The first-order chi connectivity index (χ1) is 19.6. The smallest absolute Gasteiger partial charge is 0.282 e. The van der Waals surface area contributed by atoms with Gasteiger partial charge in [-0.15, -0.1) is 0 Å². The van der Waals surface area contributed by atoms with Crippen molar-refractivity contribution >= 4 is 28.3 Å². The third-order valence-electron chi connectivity index (χ3n) is 9.67. The molecule has 4 aliphatic rings. The summed E-state index contributed by atoms with van der Waals surface area (Å²) in [4.78, 5) is 28.7. The molecule has 1 aliphatic carbocycles. The number of halogens is 2. The van der Waals surface area contributed by atoms with Gasteiger partial charge in [0, 0.05) is 43.1 Å².